The zero-order valence-electron chi connectivity index (χ0n) is 18.4. The third-order valence-electron chi connectivity index (χ3n) is 6.15. The minimum Gasteiger partial charge on any atom is -0.348 e. The standard InChI is InChI=1S/C25H21ClFN5O2/c1-14-20(11-29-24(33)15-2-5-22-23(8-15)31-13-30-22)18-6-7-32(12-16(18)10-28-14)25(34)19-4-3-17(27)9-21(19)26/h2-5,8-10,13H,6-7,11-12H2,1H3,(H,29,33)(H,30,31). The van der Waals surface area contributed by atoms with Crippen molar-refractivity contribution in [3.8, 4) is 0 Å². The van der Waals surface area contributed by atoms with Crippen molar-refractivity contribution in [2.24, 2.45) is 0 Å². The number of pyridine rings is 1. The van der Waals surface area contributed by atoms with E-state index in [4.69, 9.17) is 11.6 Å². The van der Waals surface area contributed by atoms with Crippen LogP contribution in [0.5, 0.6) is 0 Å². The number of carbonyl (C=O) groups is 2. The van der Waals surface area contributed by atoms with Gasteiger partial charge < -0.3 is 15.2 Å². The largest absolute Gasteiger partial charge is 0.348 e. The predicted octanol–water partition coefficient (Wildman–Crippen LogP) is 4.19. The molecule has 34 heavy (non-hydrogen) atoms. The number of hydrogen-bond acceptors (Lipinski definition) is 4. The topological polar surface area (TPSA) is 91.0 Å². The van der Waals surface area contributed by atoms with Gasteiger partial charge in [0.25, 0.3) is 11.8 Å². The van der Waals surface area contributed by atoms with Crippen LogP contribution in [0.3, 0.4) is 0 Å². The van der Waals surface area contributed by atoms with Crippen molar-refractivity contribution in [3.63, 3.8) is 0 Å². The zero-order valence-corrected chi connectivity index (χ0v) is 19.1. The summed E-state index contributed by atoms with van der Waals surface area (Å²) in [7, 11) is 0. The monoisotopic (exact) mass is 477 g/mol. The van der Waals surface area contributed by atoms with Gasteiger partial charge in [0.1, 0.15) is 5.82 Å². The molecule has 0 atom stereocenters. The number of H-pyrrole nitrogens is 1. The number of benzene rings is 2. The van der Waals surface area contributed by atoms with Crippen LogP contribution in [0.2, 0.25) is 5.02 Å². The first kappa shape index (κ1) is 22.0. The highest BCUT2D eigenvalue weighted by molar-refractivity contribution is 6.33. The molecule has 3 heterocycles. The van der Waals surface area contributed by atoms with E-state index in [0.29, 0.717) is 31.6 Å². The summed E-state index contributed by atoms with van der Waals surface area (Å²) in [5.74, 6) is -0.922. The number of carbonyl (C=O) groups excluding carboxylic acids is 2. The predicted molar refractivity (Wildman–Crippen MR) is 126 cm³/mol. The average Bonchev–Trinajstić information content (AvgIpc) is 3.30. The lowest BCUT2D eigenvalue weighted by Gasteiger charge is -2.31. The number of aryl methyl sites for hydroxylation is 1. The van der Waals surface area contributed by atoms with Crippen LogP contribution in [0.15, 0.2) is 48.9 Å². The molecule has 0 aliphatic carbocycles. The maximum atomic E-state index is 13.4. The van der Waals surface area contributed by atoms with Gasteiger partial charge in [-0.3, -0.25) is 14.6 Å². The van der Waals surface area contributed by atoms with Crippen molar-refractivity contribution in [2.45, 2.75) is 26.4 Å². The molecule has 9 heteroatoms. The molecular formula is C25H21ClFN5O2. The molecule has 0 radical (unpaired) electrons. The van der Waals surface area contributed by atoms with E-state index >= 15 is 0 Å². The molecule has 7 nitrogen and oxygen atoms in total. The van der Waals surface area contributed by atoms with Gasteiger partial charge >= 0.3 is 0 Å². The zero-order chi connectivity index (χ0) is 23.8. The van der Waals surface area contributed by atoms with E-state index in [2.05, 4.69) is 20.3 Å². The quantitative estimate of drug-likeness (QED) is 0.461. The van der Waals surface area contributed by atoms with E-state index in [9.17, 15) is 14.0 Å². The average molecular weight is 478 g/mol. The minimum atomic E-state index is -0.485. The minimum absolute atomic E-state index is 0.0922. The second-order valence-corrected chi connectivity index (χ2v) is 8.65. The van der Waals surface area contributed by atoms with Crippen molar-refractivity contribution in [1.29, 1.82) is 0 Å². The first-order valence-electron chi connectivity index (χ1n) is 10.8. The summed E-state index contributed by atoms with van der Waals surface area (Å²) in [6, 6.07) is 9.10. The van der Waals surface area contributed by atoms with Crippen LogP contribution < -0.4 is 5.32 Å². The number of hydrogen-bond donors (Lipinski definition) is 2. The summed E-state index contributed by atoms with van der Waals surface area (Å²) in [5.41, 5.74) is 6.22. The fraction of sp³-hybridized carbons (Fsp3) is 0.200. The van der Waals surface area contributed by atoms with E-state index in [1.54, 1.807) is 35.6 Å². The van der Waals surface area contributed by atoms with Gasteiger partial charge in [-0.15, -0.1) is 0 Å². The Morgan fingerprint density at radius 1 is 1.21 bits per heavy atom. The number of halogens is 2. The van der Waals surface area contributed by atoms with Crippen LogP contribution in [0.4, 0.5) is 4.39 Å². The highest BCUT2D eigenvalue weighted by atomic mass is 35.5. The second-order valence-electron chi connectivity index (χ2n) is 8.24. The smallest absolute Gasteiger partial charge is 0.255 e. The van der Waals surface area contributed by atoms with Crippen LogP contribution in [-0.2, 0) is 19.5 Å². The Bertz CT molecular complexity index is 1430. The van der Waals surface area contributed by atoms with Crippen molar-refractivity contribution in [2.75, 3.05) is 6.54 Å². The lowest BCUT2D eigenvalue weighted by atomic mass is 9.94. The van der Waals surface area contributed by atoms with Gasteiger partial charge in [0.05, 0.1) is 27.9 Å². The number of imidazole rings is 1. The van der Waals surface area contributed by atoms with Crippen molar-refractivity contribution in [1.82, 2.24) is 25.2 Å². The van der Waals surface area contributed by atoms with Gasteiger partial charge in [-0.25, -0.2) is 9.37 Å². The first-order chi connectivity index (χ1) is 16.4. The number of amides is 2. The molecule has 2 amide bonds. The molecule has 5 rings (SSSR count). The third kappa shape index (κ3) is 4.12. The number of nitrogens with one attached hydrogen (secondary N) is 2. The highest BCUT2D eigenvalue weighted by Gasteiger charge is 2.26. The molecule has 1 aliphatic heterocycles. The van der Waals surface area contributed by atoms with Gasteiger partial charge in [-0.1, -0.05) is 11.6 Å². The molecular weight excluding hydrogens is 457 g/mol. The Kier molecular flexibility index (Phi) is 5.75. The Hall–Kier alpha value is -3.78. The maximum absolute atomic E-state index is 13.4. The fourth-order valence-corrected chi connectivity index (χ4v) is 4.56. The third-order valence-corrected chi connectivity index (χ3v) is 6.47. The molecule has 2 aromatic carbocycles. The highest BCUT2D eigenvalue weighted by Crippen LogP contribution is 2.27. The van der Waals surface area contributed by atoms with Gasteiger partial charge in [0.2, 0.25) is 0 Å². The van der Waals surface area contributed by atoms with E-state index in [1.807, 2.05) is 6.92 Å². The number of aromatic amines is 1. The Labute approximate surface area is 200 Å². The molecule has 0 bridgehead atoms. The molecule has 2 aromatic heterocycles. The summed E-state index contributed by atoms with van der Waals surface area (Å²) in [4.78, 5) is 39.1. The fourth-order valence-electron chi connectivity index (χ4n) is 4.31. The van der Waals surface area contributed by atoms with Gasteiger partial charge in [-0.2, -0.15) is 0 Å². The van der Waals surface area contributed by atoms with Crippen molar-refractivity contribution < 1.29 is 14.0 Å². The van der Waals surface area contributed by atoms with Gasteiger partial charge in [-0.05, 0) is 66.4 Å². The number of nitrogens with zero attached hydrogens (tertiary/aromatic N) is 3. The molecule has 0 spiro atoms. The molecule has 172 valence electrons. The normalized spacial score (nSPS) is 13.1. The van der Waals surface area contributed by atoms with E-state index < -0.39 is 5.82 Å². The summed E-state index contributed by atoms with van der Waals surface area (Å²) >= 11 is 6.09. The Balaban J connectivity index is 1.33. The number of aromatic nitrogens is 3. The van der Waals surface area contributed by atoms with Crippen molar-refractivity contribution >= 4 is 34.4 Å². The molecule has 0 fully saturated rings. The summed E-state index contributed by atoms with van der Waals surface area (Å²) < 4.78 is 13.4. The Morgan fingerprint density at radius 2 is 2.06 bits per heavy atom. The SMILES string of the molecule is Cc1ncc2c(c1CNC(=O)c1ccc3nc[nH]c3c1)CCN(C(=O)c1ccc(F)cc1Cl)C2. The van der Waals surface area contributed by atoms with Crippen LogP contribution in [-0.4, -0.2) is 38.2 Å². The molecule has 0 saturated carbocycles. The molecule has 1 aliphatic rings. The summed E-state index contributed by atoms with van der Waals surface area (Å²) in [6.07, 6.45) is 3.98. The van der Waals surface area contributed by atoms with E-state index in [-0.39, 0.29) is 22.4 Å². The summed E-state index contributed by atoms with van der Waals surface area (Å²) in [5, 5.41) is 3.08. The second kappa shape index (κ2) is 8.87. The van der Waals surface area contributed by atoms with Crippen LogP contribution in [0.1, 0.15) is 43.1 Å². The van der Waals surface area contributed by atoms with Gasteiger partial charge in [0.15, 0.2) is 0 Å². The van der Waals surface area contributed by atoms with Gasteiger partial charge in [0, 0.05) is 37.1 Å². The molecule has 0 unspecified atom stereocenters. The first-order valence-corrected chi connectivity index (χ1v) is 11.2. The van der Waals surface area contributed by atoms with E-state index in [0.717, 1.165) is 39.5 Å². The van der Waals surface area contributed by atoms with Crippen LogP contribution in [0.25, 0.3) is 11.0 Å². The van der Waals surface area contributed by atoms with Crippen molar-refractivity contribution in [3.05, 3.63) is 93.3 Å². The lowest BCUT2D eigenvalue weighted by Crippen LogP contribution is -2.37. The lowest BCUT2D eigenvalue weighted by molar-refractivity contribution is 0.0734. The molecule has 2 N–H and O–H groups in total. The summed E-state index contributed by atoms with van der Waals surface area (Å²) in [6.45, 7) is 3.10. The van der Waals surface area contributed by atoms with Crippen LogP contribution >= 0.6 is 11.6 Å². The molecule has 4 aromatic rings. The van der Waals surface area contributed by atoms with E-state index in [1.165, 1.54) is 12.1 Å². The maximum Gasteiger partial charge on any atom is 0.255 e. The number of fused-ring (bicyclic) bond motifs is 2. The molecule has 0 saturated heterocycles. The Morgan fingerprint density at radius 3 is 2.88 bits per heavy atom. The number of rotatable bonds is 4. The van der Waals surface area contributed by atoms with Crippen LogP contribution in [0, 0.1) is 12.7 Å².